The van der Waals surface area contributed by atoms with Crippen molar-refractivity contribution in [2.24, 2.45) is 5.92 Å². The molecule has 0 bridgehead atoms. The Morgan fingerprint density at radius 3 is 2.43 bits per heavy atom. The number of rotatable bonds is 5. The van der Waals surface area contributed by atoms with Crippen molar-refractivity contribution in [3.63, 3.8) is 0 Å². The topological polar surface area (TPSA) is 20.2 Å². The van der Waals surface area contributed by atoms with Gasteiger partial charge in [-0.1, -0.05) is 44.2 Å². The van der Waals surface area contributed by atoms with Crippen molar-refractivity contribution in [1.29, 1.82) is 0 Å². The van der Waals surface area contributed by atoms with Gasteiger partial charge in [0.2, 0.25) is 0 Å². The van der Waals surface area contributed by atoms with Crippen molar-refractivity contribution < 1.29 is 13.9 Å². The molecule has 0 heterocycles. The van der Waals surface area contributed by atoms with Crippen LogP contribution in [0.1, 0.15) is 36.6 Å². The van der Waals surface area contributed by atoms with Gasteiger partial charge in [-0.25, -0.2) is 8.78 Å². The molecule has 0 aliphatic rings. The minimum absolute atomic E-state index is 0.136. The van der Waals surface area contributed by atoms with Crippen LogP contribution in [0, 0.1) is 17.6 Å². The Labute approximate surface area is 124 Å². The van der Waals surface area contributed by atoms with Gasteiger partial charge in [-0.05, 0) is 35.1 Å². The summed E-state index contributed by atoms with van der Waals surface area (Å²) in [6.07, 6.45) is 0.278. The van der Waals surface area contributed by atoms with Crippen molar-refractivity contribution in [2.45, 2.75) is 32.8 Å². The Hall–Kier alpha value is -1.74. The molecule has 0 saturated carbocycles. The number of halogens is 2. The molecule has 3 heteroatoms. The lowest BCUT2D eigenvalue weighted by molar-refractivity contribution is 0.177. The number of aliphatic hydroxyl groups is 1. The number of aliphatic hydroxyl groups excluding tert-OH is 1. The smallest absolute Gasteiger partial charge is 0.129 e. The third-order valence-corrected chi connectivity index (χ3v) is 3.41. The molecule has 0 aliphatic heterocycles. The molecule has 0 spiro atoms. The van der Waals surface area contributed by atoms with Crippen molar-refractivity contribution >= 4 is 0 Å². The van der Waals surface area contributed by atoms with E-state index in [1.807, 2.05) is 24.3 Å². The van der Waals surface area contributed by atoms with Crippen LogP contribution in [0.5, 0.6) is 0 Å². The highest BCUT2D eigenvalue weighted by atomic mass is 19.1. The zero-order chi connectivity index (χ0) is 15.4. The second-order valence-electron chi connectivity index (χ2n) is 5.80. The summed E-state index contributed by atoms with van der Waals surface area (Å²) in [5.74, 6) is -0.691. The van der Waals surface area contributed by atoms with Crippen molar-refractivity contribution in [2.75, 3.05) is 0 Å². The van der Waals surface area contributed by atoms with E-state index in [1.165, 1.54) is 12.1 Å². The summed E-state index contributed by atoms with van der Waals surface area (Å²) in [4.78, 5) is 0. The van der Waals surface area contributed by atoms with Gasteiger partial charge in [-0.15, -0.1) is 0 Å². The van der Waals surface area contributed by atoms with Gasteiger partial charge >= 0.3 is 0 Å². The number of benzene rings is 2. The average Bonchev–Trinajstić information content (AvgIpc) is 2.41. The van der Waals surface area contributed by atoms with E-state index >= 15 is 0 Å². The minimum atomic E-state index is -0.794. The zero-order valence-corrected chi connectivity index (χ0v) is 12.3. The van der Waals surface area contributed by atoms with E-state index in [4.69, 9.17) is 0 Å². The van der Waals surface area contributed by atoms with E-state index in [2.05, 4.69) is 13.8 Å². The van der Waals surface area contributed by atoms with Crippen LogP contribution < -0.4 is 0 Å². The molecule has 0 saturated heterocycles. The molecule has 0 amide bonds. The first-order chi connectivity index (χ1) is 9.95. The fourth-order valence-corrected chi connectivity index (χ4v) is 2.41. The Morgan fingerprint density at radius 1 is 1.00 bits per heavy atom. The van der Waals surface area contributed by atoms with Crippen LogP contribution in [-0.4, -0.2) is 5.11 Å². The molecule has 0 radical (unpaired) electrons. The van der Waals surface area contributed by atoms with Crippen molar-refractivity contribution in [3.8, 4) is 0 Å². The monoisotopic (exact) mass is 290 g/mol. The molecular formula is C18H20F2O. The van der Waals surface area contributed by atoms with Gasteiger partial charge in [0.15, 0.2) is 0 Å². The van der Waals surface area contributed by atoms with E-state index in [-0.39, 0.29) is 6.42 Å². The van der Waals surface area contributed by atoms with Gasteiger partial charge in [0, 0.05) is 12.5 Å². The van der Waals surface area contributed by atoms with Crippen molar-refractivity contribution in [1.82, 2.24) is 0 Å². The first-order valence-electron chi connectivity index (χ1n) is 7.16. The SMILES string of the molecule is CC(C)Cc1cccc(C(O)Cc2ccc(F)cc2F)c1. The van der Waals surface area contributed by atoms with E-state index in [0.717, 1.165) is 23.6 Å². The van der Waals surface area contributed by atoms with Gasteiger partial charge in [0.05, 0.1) is 6.10 Å². The molecular weight excluding hydrogens is 270 g/mol. The maximum Gasteiger partial charge on any atom is 0.129 e. The van der Waals surface area contributed by atoms with Crippen LogP contribution in [-0.2, 0) is 12.8 Å². The summed E-state index contributed by atoms with van der Waals surface area (Å²) in [5.41, 5.74) is 2.23. The van der Waals surface area contributed by atoms with Crippen LogP contribution in [0.3, 0.4) is 0 Å². The fraction of sp³-hybridized carbons (Fsp3) is 0.333. The summed E-state index contributed by atoms with van der Waals surface area (Å²) in [5, 5.41) is 10.3. The molecule has 1 nitrogen and oxygen atoms in total. The normalized spacial score (nSPS) is 12.7. The highest BCUT2D eigenvalue weighted by Crippen LogP contribution is 2.22. The molecule has 1 unspecified atom stereocenters. The van der Waals surface area contributed by atoms with Crippen LogP contribution in [0.2, 0.25) is 0 Å². The summed E-state index contributed by atoms with van der Waals surface area (Å²) in [6, 6.07) is 11.1. The Kier molecular flexibility index (Phi) is 5.07. The quantitative estimate of drug-likeness (QED) is 0.863. The van der Waals surface area contributed by atoms with E-state index in [0.29, 0.717) is 11.5 Å². The predicted octanol–water partition coefficient (Wildman–Crippen LogP) is 4.44. The molecule has 1 atom stereocenters. The lowest BCUT2D eigenvalue weighted by Crippen LogP contribution is -2.05. The summed E-state index contributed by atoms with van der Waals surface area (Å²) in [6.45, 7) is 4.27. The molecule has 2 aromatic rings. The van der Waals surface area contributed by atoms with Gasteiger partial charge in [-0.2, -0.15) is 0 Å². The Morgan fingerprint density at radius 2 is 1.76 bits per heavy atom. The lowest BCUT2D eigenvalue weighted by atomic mass is 9.96. The third kappa shape index (κ3) is 4.36. The first-order valence-corrected chi connectivity index (χ1v) is 7.16. The predicted molar refractivity (Wildman–Crippen MR) is 80.0 cm³/mol. The molecule has 0 fully saturated rings. The second kappa shape index (κ2) is 6.81. The Balaban J connectivity index is 2.14. The van der Waals surface area contributed by atoms with Gasteiger partial charge in [0.1, 0.15) is 11.6 Å². The first kappa shape index (κ1) is 15.6. The van der Waals surface area contributed by atoms with Gasteiger partial charge in [0.25, 0.3) is 0 Å². The van der Waals surface area contributed by atoms with Gasteiger partial charge in [-0.3, -0.25) is 0 Å². The van der Waals surface area contributed by atoms with Crippen LogP contribution >= 0.6 is 0 Å². The lowest BCUT2D eigenvalue weighted by Gasteiger charge is -2.14. The largest absolute Gasteiger partial charge is 0.388 e. The molecule has 0 aliphatic carbocycles. The Bertz CT molecular complexity index is 608. The summed E-state index contributed by atoms with van der Waals surface area (Å²) in [7, 11) is 0. The van der Waals surface area contributed by atoms with Crippen LogP contribution in [0.15, 0.2) is 42.5 Å². The number of hydrogen-bond acceptors (Lipinski definition) is 1. The maximum absolute atomic E-state index is 13.6. The third-order valence-electron chi connectivity index (χ3n) is 3.41. The van der Waals surface area contributed by atoms with Crippen LogP contribution in [0.4, 0.5) is 8.78 Å². The molecule has 0 aromatic heterocycles. The fourth-order valence-electron chi connectivity index (χ4n) is 2.41. The second-order valence-corrected chi connectivity index (χ2v) is 5.80. The van der Waals surface area contributed by atoms with Crippen LogP contribution in [0.25, 0.3) is 0 Å². The van der Waals surface area contributed by atoms with E-state index < -0.39 is 17.7 Å². The zero-order valence-electron chi connectivity index (χ0n) is 12.3. The molecule has 21 heavy (non-hydrogen) atoms. The summed E-state index contributed by atoms with van der Waals surface area (Å²) >= 11 is 0. The molecule has 2 aromatic carbocycles. The minimum Gasteiger partial charge on any atom is -0.388 e. The summed E-state index contributed by atoms with van der Waals surface area (Å²) < 4.78 is 26.5. The van der Waals surface area contributed by atoms with E-state index in [9.17, 15) is 13.9 Å². The highest BCUT2D eigenvalue weighted by molar-refractivity contribution is 5.28. The number of hydrogen-bond donors (Lipinski definition) is 1. The van der Waals surface area contributed by atoms with E-state index in [1.54, 1.807) is 0 Å². The average molecular weight is 290 g/mol. The maximum atomic E-state index is 13.6. The van der Waals surface area contributed by atoms with Crippen molar-refractivity contribution in [3.05, 3.63) is 70.8 Å². The van der Waals surface area contributed by atoms with Gasteiger partial charge < -0.3 is 5.11 Å². The highest BCUT2D eigenvalue weighted by Gasteiger charge is 2.13. The molecule has 1 N–H and O–H groups in total. The standard InChI is InChI=1S/C18H20F2O/c1-12(2)8-13-4-3-5-15(9-13)18(21)10-14-6-7-16(19)11-17(14)20/h3-7,9,11-12,18,21H,8,10H2,1-2H3. The molecule has 2 rings (SSSR count). The molecule has 112 valence electrons.